The van der Waals surface area contributed by atoms with Gasteiger partial charge in [-0.15, -0.1) is 0 Å². The number of carbonyl (C=O) groups is 3. The Balaban J connectivity index is 1.25. The van der Waals surface area contributed by atoms with Crippen molar-refractivity contribution in [3.8, 4) is 11.4 Å². The van der Waals surface area contributed by atoms with Crippen molar-refractivity contribution in [1.29, 1.82) is 0 Å². The highest BCUT2D eigenvalue weighted by Gasteiger charge is 2.52. The molecule has 30 heavy (non-hydrogen) atoms. The summed E-state index contributed by atoms with van der Waals surface area (Å²) < 4.78 is 0. The van der Waals surface area contributed by atoms with E-state index in [2.05, 4.69) is 20.6 Å². The van der Waals surface area contributed by atoms with Gasteiger partial charge in [0, 0.05) is 11.3 Å². The van der Waals surface area contributed by atoms with Crippen molar-refractivity contribution < 1.29 is 14.4 Å². The minimum Gasteiger partial charge on any atom is -0.338 e. The van der Waals surface area contributed by atoms with Gasteiger partial charge >= 0.3 is 6.03 Å². The molecule has 5 rings (SSSR count). The van der Waals surface area contributed by atoms with Crippen LogP contribution < -0.4 is 10.6 Å². The first-order chi connectivity index (χ1) is 14.5. The number of imide groups is 1. The van der Waals surface area contributed by atoms with Crippen LogP contribution in [0.3, 0.4) is 0 Å². The fourth-order valence-corrected chi connectivity index (χ4v) is 4.28. The van der Waals surface area contributed by atoms with Gasteiger partial charge in [0.2, 0.25) is 5.91 Å². The Bertz CT molecular complexity index is 1110. The van der Waals surface area contributed by atoms with Gasteiger partial charge in [-0.1, -0.05) is 25.0 Å². The molecule has 1 saturated carbocycles. The molecule has 2 heterocycles. The van der Waals surface area contributed by atoms with E-state index in [0.29, 0.717) is 18.5 Å². The number of para-hydroxylation sites is 2. The Morgan fingerprint density at radius 2 is 1.80 bits per heavy atom. The van der Waals surface area contributed by atoms with Gasteiger partial charge in [-0.05, 0) is 49.2 Å². The predicted molar refractivity (Wildman–Crippen MR) is 112 cm³/mol. The summed E-state index contributed by atoms with van der Waals surface area (Å²) in [6, 6.07) is 14.5. The number of nitrogens with one attached hydrogen (secondary N) is 3. The third-order valence-corrected chi connectivity index (χ3v) is 5.84. The number of amides is 4. The SMILES string of the molecule is O=C(CN1C(=O)NC2(CCCC2)C1=O)Nc1ccc(-c2nc3ccccc3[nH]2)cc1. The number of aromatic amines is 1. The van der Waals surface area contributed by atoms with Crippen molar-refractivity contribution in [2.75, 3.05) is 11.9 Å². The summed E-state index contributed by atoms with van der Waals surface area (Å²) in [7, 11) is 0. The first kappa shape index (κ1) is 18.4. The van der Waals surface area contributed by atoms with Crippen LogP contribution in [0.15, 0.2) is 48.5 Å². The van der Waals surface area contributed by atoms with E-state index in [1.165, 1.54) is 0 Å². The molecule has 1 aliphatic carbocycles. The molecule has 3 aromatic rings. The highest BCUT2D eigenvalue weighted by atomic mass is 16.2. The molecule has 0 atom stereocenters. The molecule has 4 amide bonds. The number of rotatable bonds is 4. The molecular weight excluding hydrogens is 382 g/mol. The van der Waals surface area contributed by atoms with Crippen molar-refractivity contribution in [3.63, 3.8) is 0 Å². The van der Waals surface area contributed by atoms with Crippen molar-refractivity contribution >= 4 is 34.6 Å². The van der Waals surface area contributed by atoms with Gasteiger partial charge in [0.1, 0.15) is 17.9 Å². The van der Waals surface area contributed by atoms with Crippen LogP contribution >= 0.6 is 0 Å². The van der Waals surface area contributed by atoms with Crippen molar-refractivity contribution in [2.24, 2.45) is 0 Å². The molecule has 1 spiro atoms. The Morgan fingerprint density at radius 3 is 2.53 bits per heavy atom. The summed E-state index contributed by atoms with van der Waals surface area (Å²) in [5.41, 5.74) is 2.52. The van der Waals surface area contributed by atoms with Gasteiger partial charge in [0.15, 0.2) is 0 Å². The number of aromatic nitrogens is 2. The largest absolute Gasteiger partial charge is 0.338 e. The van der Waals surface area contributed by atoms with Gasteiger partial charge < -0.3 is 15.6 Å². The second-order valence-corrected chi connectivity index (χ2v) is 7.84. The van der Waals surface area contributed by atoms with E-state index in [4.69, 9.17) is 0 Å². The molecule has 0 unspecified atom stereocenters. The number of nitrogens with zero attached hydrogens (tertiary/aromatic N) is 2. The maximum atomic E-state index is 12.7. The average Bonchev–Trinajstić information content (AvgIpc) is 3.44. The molecule has 2 fully saturated rings. The summed E-state index contributed by atoms with van der Waals surface area (Å²) in [6.07, 6.45) is 3.09. The van der Waals surface area contributed by atoms with Crippen LogP contribution in [0, 0.1) is 0 Å². The number of anilines is 1. The smallest absolute Gasteiger partial charge is 0.325 e. The van der Waals surface area contributed by atoms with Crippen molar-refractivity contribution in [1.82, 2.24) is 20.2 Å². The quantitative estimate of drug-likeness (QED) is 0.582. The maximum absolute atomic E-state index is 12.7. The van der Waals surface area contributed by atoms with Crippen LogP contribution in [0.5, 0.6) is 0 Å². The van der Waals surface area contributed by atoms with E-state index in [1.54, 1.807) is 12.1 Å². The zero-order valence-corrected chi connectivity index (χ0v) is 16.3. The highest BCUT2D eigenvalue weighted by Crippen LogP contribution is 2.35. The number of hydrogen-bond acceptors (Lipinski definition) is 4. The lowest BCUT2D eigenvalue weighted by molar-refractivity contribution is -0.133. The lowest BCUT2D eigenvalue weighted by atomic mass is 9.98. The number of urea groups is 1. The number of fused-ring (bicyclic) bond motifs is 1. The van der Waals surface area contributed by atoms with Gasteiger partial charge in [-0.25, -0.2) is 9.78 Å². The number of hydrogen-bond donors (Lipinski definition) is 3. The molecule has 2 aromatic carbocycles. The third kappa shape index (κ3) is 3.10. The van der Waals surface area contributed by atoms with Gasteiger partial charge in [0.05, 0.1) is 11.0 Å². The molecule has 0 radical (unpaired) electrons. The maximum Gasteiger partial charge on any atom is 0.325 e. The van der Waals surface area contributed by atoms with Crippen LogP contribution in [0.1, 0.15) is 25.7 Å². The van der Waals surface area contributed by atoms with Crippen LogP contribution in [-0.2, 0) is 9.59 Å². The lowest BCUT2D eigenvalue weighted by Crippen LogP contribution is -2.44. The molecule has 152 valence electrons. The van der Waals surface area contributed by atoms with Crippen LogP contribution in [0.4, 0.5) is 10.5 Å². The molecule has 1 aliphatic heterocycles. The molecule has 1 saturated heterocycles. The number of carbonyl (C=O) groups excluding carboxylic acids is 3. The minimum absolute atomic E-state index is 0.291. The molecule has 3 N–H and O–H groups in total. The van der Waals surface area contributed by atoms with Crippen LogP contribution in [-0.4, -0.2) is 44.8 Å². The van der Waals surface area contributed by atoms with E-state index in [9.17, 15) is 14.4 Å². The fraction of sp³-hybridized carbons (Fsp3) is 0.273. The van der Waals surface area contributed by atoms with Gasteiger partial charge in [0.25, 0.3) is 5.91 Å². The normalized spacial score (nSPS) is 17.7. The standard InChI is InChI=1S/C22H21N5O3/c28-18(13-27-20(29)22(26-21(27)30)11-3-4-12-22)23-15-9-7-14(8-10-15)19-24-16-5-1-2-6-17(16)25-19/h1-2,5-10H,3-4,11-13H2,(H,23,28)(H,24,25)(H,26,30). The molecule has 2 aliphatic rings. The summed E-state index contributed by atoms with van der Waals surface area (Å²) in [5, 5.41) is 5.53. The highest BCUT2D eigenvalue weighted by molar-refractivity contribution is 6.10. The average molecular weight is 403 g/mol. The van der Waals surface area contributed by atoms with Crippen molar-refractivity contribution in [2.45, 2.75) is 31.2 Å². The first-order valence-corrected chi connectivity index (χ1v) is 10.0. The Morgan fingerprint density at radius 1 is 1.07 bits per heavy atom. The summed E-state index contributed by atoms with van der Waals surface area (Å²) >= 11 is 0. The molecule has 1 aromatic heterocycles. The lowest BCUT2D eigenvalue weighted by Gasteiger charge is -2.19. The van der Waals surface area contributed by atoms with E-state index >= 15 is 0 Å². The second-order valence-electron chi connectivity index (χ2n) is 7.84. The molecule has 8 heteroatoms. The summed E-state index contributed by atoms with van der Waals surface area (Å²) in [4.78, 5) is 46.1. The molecular formula is C22H21N5O3. The van der Waals surface area contributed by atoms with Gasteiger partial charge in [-0.2, -0.15) is 0 Å². The zero-order chi connectivity index (χ0) is 20.7. The topological polar surface area (TPSA) is 107 Å². The summed E-state index contributed by atoms with van der Waals surface area (Å²) in [5.74, 6) is 0.0423. The first-order valence-electron chi connectivity index (χ1n) is 10.0. The minimum atomic E-state index is -0.800. The number of H-pyrrole nitrogens is 1. The zero-order valence-electron chi connectivity index (χ0n) is 16.3. The van der Waals surface area contributed by atoms with E-state index in [0.717, 1.165) is 40.2 Å². The molecule has 0 bridgehead atoms. The van der Waals surface area contributed by atoms with Crippen molar-refractivity contribution in [3.05, 3.63) is 48.5 Å². The fourth-order valence-electron chi connectivity index (χ4n) is 4.28. The Kier molecular flexibility index (Phi) is 4.27. The van der Waals surface area contributed by atoms with E-state index in [-0.39, 0.29) is 12.5 Å². The Labute approximate surface area is 172 Å². The van der Waals surface area contributed by atoms with Gasteiger partial charge in [-0.3, -0.25) is 14.5 Å². The van der Waals surface area contributed by atoms with Crippen LogP contribution in [0.25, 0.3) is 22.4 Å². The number of imidazole rings is 1. The Hall–Kier alpha value is -3.68. The predicted octanol–water partition coefficient (Wildman–Crippen LogP) is 3.03. The van der Waals surface area contributed by atoms with E-state index in [1.807, 2.05) is 36.4 Å². The molecule has 8 nitrogen and oxygen atoms in total. The second kappa shape index (κ2) is 6.98. The van der Waals surface area contributed by atoms with Crippen LogP contribution in [0.2, 0.25) is 0 Å². The monoisotopic (exact) mass is 403 g/mol. The number of benzene rings is 2. The third-order valence-electron chi connectivity index (χ3n) is 5.84. The van der Waals surface area contributed by atoms with E-state index < -0.39 is 17.5 Å². The summed E-state index contributed by atoms with van der Waals surface area (Å²) in [6.45, 7) is -0.294.